The van der Waals surface area contributed by atoms with Crippen LogP contribution < -0.4 is 10.1 Å². The topological polar surface area (TPSA) is 21.3 Å². The fourth-order valence-corrected chi connectivity index (χ4v) is 3.25. The molecule has 0 bridgehead atoms. The van der Waals surface area contributed by atoms with Gasteiger partial charge in [-0.25, -0.2) is 0 Å². The van der Waals surface area contributed by atoms with Crippen LogP contribution in [-0.4, -0.2) is 6.54 Å². The second-order valence-corrected chi connectivity index (χ2v) is 6.36. The van der Waals surface area contributed by atoms with Crippen molar-refractivity contribution in [3.8, 4) is 5.75 Å². The standard InChI is InChI=1S/C20H25NO.ClH/c1-15-11-16(2)13-17(12-15)14-22-19-8-6-18(7-9-19)20-5-3-4-10-21-20;/h6-9,11-13,20-21H,3-5,10,14H2,1-2H3;1H. The Morgan fingerprint density at radius 3 is 2.30 bits per heavy atom. The minimum atomic E-state index is 0. The lowest BCUT2D eigenvalue weighted by molar-refractivity contribution is 0.305. The van der Waals surface area contributed by atoms with Gasteiger partial charge >= 0.3 is 0 Å². The van der Waals surface area contributed by atoms with E-state index in [2.05, 4.69) is 61.6 Å². The molecule has 1 heterocycles. The van der Waals surface area contributed by atoms with Gasteiger partial charge in [-0.15, -0.1) is 12.4 Å². The highest BCUT2D eigenvalue weighted by Crippen LogP contribution is 2.25. The minimum Gasteiger partial charge on any atom is -0.489 e. The van der Waals surface area contributed by atoms with E-state index in [0.717, 1.165) is 12.3 Å². The van der Waals surface area contributed by atoms with E-state index in [-0.39, 0.29) is 12.4 Å². The fourth-order valence-electron chi connectivity index (χ4n) is 3.25. The Kier molecular flexibility index (Phi) is 6.49. The van der Waals surface area contributed by atoms with Crippen molar-refractivity contribution in [3.05, 3.63) is 64.7 Å². The van der Waals surface area contributed by atoms with Gasteiger partial charge in [0.05, 0.1) is 0 Å². The molecule has 1 aliphatic rings. The summed E-state index contributed by atoms with van der Waals surface area (Å²) in [5.41, 5.74) is 5.18. The lowest BCUT2D eigenvalue weighted by Gasteiger charge is -2.23. The van der Waals surface area contributed by atoms with Crippen molar-refractivity contribution in [1.82, 2.24) is 5.32 Å². The zero-order valence-corrected chi connectivity index (χ0v) is 14.8. The lowest BCUT2D eigenvalue weighted by atomic mass is 9.98. The number of aryl methyl sites for hydroxylation is 2. The molecule has 2 aromatic rings. The number of halogens is 1. The number of rotatable bonds is 4. The van der Waals surface area contributed by atoms with Crippen LogP contribution >= 0.6 is 12.4 Å². The number of benzene rings is 2. The van der Waals surface area contributed by atoms with E-state index in [9.17, 15) is 0 Å². The molecular weight excluding hydrogens is 306 g/mol. The highest BCUT2D eigenvalue weighted by Gasteiger charge is 2.14. The smallest absolute Gasteiger partial charge is 0.119 e. The Labute approximate surface area is 145 Å². The summed E-state index contributed by atoms with van der Waals surface area (Å²) in [6, 6.07) is 15.7. The third-order valence-electron chi connectivity index (χ3n) is 4.28. The predicted octanol–water partition coefficient (Wildman–Crippen LogP) is 5.12. The van der Waals surface area contributed by atoms with Crippen LogP contribution in [0.15, 0.2) is 42.5 Å². The van der Waals surface area contributed by atoms with Crippen LogP contribution in [0.4, 0.5) is 0 Å². The van der Waals surface area contributed by atoms with E-state index in [1.54, 1.807) is 0 Å². The van der Waals surface area contributed by atoms with Gasteiger partial charge in [-0.3, -0.25) is 0 Å². The maximum atomic E-state index is 5.92. The first-order chi connectivity index (χ1) is 10.7. The van der Waals surface area contributed by atoms with E-state index in [4.69, 9.17) is 4.74 Å². The number of nitrogens with one attached hydrogen (secondary N) is 1. The van der Waals surface area contributed by atoms with E-state index in [0.29, 0.717) is 12.6 Å². The first kappa shape index (κ1) is 17.8. The van der Waals surface area contributed by atoms with Gasteiger partial charge in [0.25, 0.3) is 0 Å². The zero-order valence-electron chi connectivity index (χ0n) is 14.0. The normalized spacial score (nSPS) is 17.4. The van der Waals surface area contributed by atoms with Gasteiger partial charge in [-0.2, -0.15) is 0 Å². The van der Waals surface area contributed by atoms with Crippen LogP contribution in [0.5, 0.6) is 5.75 Å². The third-order valence-corrected chi connectivity index (χ3v) is 4.28. The van der Waals surface area contributed by atoms with Gasteiger partial charge < -0.3 is 10.1 Å². The molecule has 0 amide bonds. The molecule has 3 heteroatoms. The molecule has 0 radical (unpaired) electrons. The molecular formula is C20H26ClNO. The second kappa shape index (κ2) is 8.37. The number of piperidine rings is 1. The second-order valence-electron chi connectivity index (χ2n) is 6.36. The maximum absolute atomic E-state index is 5.92. The number of ether oxygens (including phenoxy) is 1. The lowest BCUT2D eigenvalue weighted by Crippen LogP contribution is -2.26. The van der Waals surface area contributed by atoms with Crippen LogP contribution in [0.3, 0.4) is 0 Å². The molecule has 0 aliphatic carbocycles. The molecule has 23 heavy (non-hydrogen) atoms. The Morgan fingerprint density at radius 1 is 1.00 bits per heavy atom. The van der Waals surface area contributed by atoms with E-state index < -0.39 is 0 Å². The average Bonchev–Trinajstić information content (AvgIpc) is 2.53. The molecule has 0 aromatic heterocycles. The van der Waals surface area contributed by atoms with E-state index in [1.165, 1.54) is 41.5 Å². The summed E-state index contributed by atoms with van der Waals surface area (Å²) < 4.78 is 5.92. The van der Waals surface area contributed by atoms with Gasteiger partial charge in [0.1, 0.15) is 12.4 Å². The van der Waals surface area contributed by atoms with E-state index in [1.807, 2.05) is 0 Å². The first-order valence-corrected chi connectivity index (χ1v) is 8.24. The van der Waals surface area contributed by atoms with Gasteiger partial charge in [-0.1, -0.05) is 47.9 Å². The minimum absolute atomic E-state index is 0. The van der Waals surface area contributed by atoms with Gasteiger partial charge in [0, 0.05) is 6.04 Å². The summed E-state index contributed by atoms with van der Waals surface area (Å²) in [6.45, 7) is 6.02. The van der Waals surface area contributed by atoms with Crippen molar-refractivity contribution in [1.29, 1.82) is 0 Å². The van der Waals surface area contributed by atoms with Crippen LogP contribution in [-0.2, 0) is 6.61 Å². The highest BCUT2D eigenvalue weighted by atomic mass is 35.5. The monoisotopic (exact) mass is 331 g/mol. The SMILES string of the molecule is Cc1cc(C)cc(COc2ccc(C3CCCCN3)cc2)c1.Cl. The Morgan fingerprint density at radius 2 is 1.70 bits per heavy atom. The van der Waals surface area contributed by atoms with Gasteiger partial charge in [0.15, 0.2) is 0 Å². The Balaban J connectivity index is 0.00000192. The molecule has 1 aliphatic heterocycles. The molecule has 1 unspecified atom stereocenters. The number of hydrogen-bond acceptors (Lipinski definition) is 2. The summed E-state index contributed by atoms with van der Waals surface area (Å²) in [5.74, 6) is 0.943. The van der Waals surface area contributed by atoms with Crippen LogP contribution in [0.2, 0.25) is 0 Å². The van der Waals surface area contributed by atoms with Crippen molar-refractivity contribution >= 4 is 12.4 Å². The van der Waals surface area contributed by atoms with Gasteiger partial charge in [-0.05, 0) is 56.5 Å². The number of hydrogen-bond donors (Lipinski definition) is 1. The molecule has 2 nitrogen and oxygen atoms in total. The van der Waals surface area contributed by atoms with Gasteiger partial charge in [0.2, 0.25) is 0 Å². The quantitative estimate of drug-likeness (QED) is 0.839. The molecule has 2 aromatic carbocycles. The molecule has 3 rings (SSSR count). The summed E-state index contributed by atoms with van der Waals surface area (Å²) >= 11 is 0. The molecule has 1 fully saturated rings. The van der Waals surface area contributed by atoms with Crippen LogP contribution in [0, 0.1) is 13.8 Å². The molecule has 1 N–H and O–H groups in total. The van der Waals surface area contributed by atoms with Crippen LogP contribution in [0.25, 0.3) is 0 Å². The Bertz CT molecular complexity index is 598. The van der Waals surface area contributed by atoms with Crippen molar-refractivity contribution in [2.75, 3.05) is 6.54 Å². The molecule has 0 saturated carbocycles. The summed E-state index contributed by atoms with van der Waals surface area (Å²) in [7, 11) is 0. The molecule has 0 spiro atoms. The predicted molar refractivity (Wildman–Crippen MR) is 98.5 cm³/mol. The summed E-state index contributed by atoms with van der Waals surface area (Å²) in [5, 5.41) is 3.58. The van der Waals surface area contributed by atoms with Crippen molar-refractivity contribution in [2.24, 2.45) is 0 Å². The molecule has 1 atom stereocenters. The Hall–Kier alpha value is -1.51. The first-order valence-electron chi connectivity index (χ1n) is 8.24. The molecule has 124 valence electrons. The fraction of sp³-hybridized carbons (Fsp3) is 0.400. The summed E-state index contributed by atoms with van der Waals surface area (Å²) in [6.07, 6.45) is 3.86. The van der Waals surface area contributed by atoms with Crippen molar-refractivity contribution < 1.29 is 4.74 Å². The van der Waals surface area contributed by atoms with Crippen LogP contribution in [0.1, 0.15) is 47.6 Å². The van der Waals surface area contributed by atoms with Crippen molar-refractivity contribution in [3.63, 3.8) is 0 Å². The summed E-state index contributed by atoms with van der Waals surface area (Å²) in [4.78, 5) is 0. The highest BCUT2D eigenvalue weighted by molar-refractivity contribution is 5.85. The van der Waals surface area contributed by atoms with E-state index >= 15 is 0 Å². The zero-order chi connectivity index (χ0) is 15.4. The average molecular weight is 332 g/mol. The van der Waals surface area contributed by atoms with Crippen molar-refractivity contribution in [2.45, 2.75) is 45.8 Å². The maximum Gasteiger partial charge on any atom is 0.119 e. The third kappa shape index (κ3) is 4.98. The molecule has 1 saturated heterocycles. The largest absolute Gasteiger partial charge is 0.489 e.